The van der Waals surface area contributed by atoms with E-state index in [4.69, 9.17) is 15.2 Å². The van der Waals surface area contributed by atoms with Crippen molar-refractivity contribution in [1.29, 1.82) is 0 Å². The van der Waals surface area contributed by atoms with Crippen LogP contribution in [0.4, 0.5) is 5.69 Å². The molecule has 1 aromatic rings. The Labute approximate surface area is 122 Å². The molecule has 0 atom stereocenters. The molecular weight excluding hydrogens is 252 g/mol. The molecule has 0 radical (unpaired) electrons. The third-order valence-electron chi connectivity index (χ3n) is 2.83. The molecule has 4 heteroatoms. The van der Waals surface area contributed by atoms with Gasteiger partial charge in [0, 0.05) is 18.3 Å². The van der Waals surface area contributed by atoms with Crippen LogP contribution in [0, 0.1) is 0 Å². The van der Waals surface area contributed by atoms with Gasteiger partial charge in [0.25, 0.3) is 0 Å². The fraction of sp³-hybridized carbons (Fsp3) is 0.625. The highest BCUT2D eigenvalue weighted by Crippen LogP contribution is 2.30. The van der Waals surface area contributed by atoms with Gasteiger partial charge in [0.1, 0.15) is 0 Å². The number of nitrogens with one attached hydrogen (secondary N) is 1. The van der Waals surface area contributed by atoms with Gasteiger partial charge in [-0.2, -0.15) is 0 Å². The zero-order chi connectivity index (χ0) is 14.6. The monoisotopic (exact) mass is 280 g/mol. The fourth-order valence-corrected chi connectivity index (χ4v) is 1.78. The molecule has 0 saturated carbocycles. The van der Waals surface area contributed by atoms with Crippen molar-refractivity contribution in [2.45, 2.75) is 39.5 Å². The molecular formula is C16H28N2O2. The van der Waals surface area contributed by atoms with E-state index in [0.717, 1.165) is 56.0 Å². The minimum Gasteiger partial charge on any atom is -0.490 e. The van der Waals surface area contributed by atoms with Crippen molar-refractivity contribution in [2.75, 3.05) is 31.6 Å². The lowest BCUT2D eigenvalue weighted by molar-refractivity contribution is 0.268. The molecule has 0 aromatic heterocycles. The maximum atomic E-state index is 5.77. The highest BCUT2D eigenvalue weighted by molar-refractivity contribution is 5.54. The average Bonchev–Trinajstić information content (AvgIpc) is 2.48. The van der Waals surface area contributed by atoms with Crippen LogP contribution in [-0.2, 0) is 0 Å². The first-order valence-electron chi connectivity index (χ1n) is 7.65. The summed E-state index contributed by atoms with van der Waals surface area (Å²) in [5, 5.41) is 3.39. The van der Waals surface area contributed by atoms with Gasteiger partial charge >= 0.3 is 0 Å². The highest BCUT2D eigenvalue weighted by Gasteiger charge is 2.06. The van der Waals surface area contributed by atoms with Gasteiger partial charge in [0.05, 0.1) is 13.2 Å². The molecule has 20 heavy (non-hydrogen) atoms. The van der Waals surface area contributed by atoms with Crippen LogP contribution in [0.15, 0.2) is 18.2 Å². The molecule has 1 aromatic carbocycles. The summed E-state index contributed by atoms with van der Waals surface area (Å²) in [4.78, 5) is 0. The zero-order valence-electron chi connectivity index (χ0n) is 12.8. The van der Waals surface area contributed by atoms with Gasteiger partial charge in [-0.3, -0.25) is 0 Å². The highest BCUT2D eigenvalue weighted by atomic mass is 16.5. The van der Waals surface area contributed by atoms with Crippen molar-refractivity contribution in [3.05, 3.63) is 18.2 Å². The van der Waals surface area contributed by atoms with E-state index in [1.165, 1.54) is 0 Å². The third-order valence-corrected chi connectivity index (χ3v) is 2.83. The Balaban J connectivity index is 2.62. The second kappa shape index (κ2) is 10.4. The van der Waals surface area contributed by atoms with Crippen molar-refractivity contribution >= 4 is 5.69 Å². The van der Waals surface area contributed by atoms with Crippen LogP contribution in [0.1, 0.15) is 39.5 Å². The Morgan fingerprint density at radius 2 is 1.70 bits per heavy atom. The summed E-state index contributed by atoms with van der Waals surface area (Å²) in [6, 6.07) is 6.03. The second-order valence-electron chi connectivity index (χ2n) is 4.78. The Hall–Kier alpha value is -1.42. The second-order valence-corrected chi connectivity index (χ2v) is 4.78. The molecule has 0 spiro atoms. The lowest BCUT2D eigenvalue weighted by Crippen LogP contribution is -2.06. The minimum atomic E-state index is 0.707. The third kappa shape index (κ3) is 6.15. The molecule has 0 aliphatic rings. The number of anilines is 1. The first-order valence-corrected chi connectivity index (χ1v) is 7.65. The van der Waals surface area contributed by atoms with Gasteiger partial charge in [-0.05, 0) is 44.4 Å². The number of unbranched alkanes of at least 4 members (excludes halogenated alkanes) is 1. The number of benzene rings is 1. The molecule has 4 nitrogen and oxygen atoms in total. The summed E-state index contributed by atoms with van der Waals surface area (Å²) in [6.45, 7) is 7.29. The van der Waals surface area contributed by atoms with Gasteiger partial charge in [-0.15, -0.1) is 0 Å². The van der Waals surface area contributed by atoms with Crippen LogP contribution in [0.25, 0.3) is 0 Å². The SMILES string of the molecule is CCCOc1ccc(NCCCCN)cc1OCCC. The quantitative estimate of drug-likeness (QED) is 0.610. The fourth-order valence-electron chi connectivity index (χ4n) is 1.78. The summed E-state index contributed by atoms with van der Waals surface area (Å²) in [7, 11) is 0. The first kappa shape index (κ1) is 16.6. The van der Waals surface area contributed by atoms with E-state index in [2.05, 4.69) is 19.2 Å². The predicted octanol–water partition coefficient (Wildman–Crippen LogP) is 3.42. The maximum Gasteiger partial charge on any atom is 0.163 e. The Kier molecular flexibility index (Phi) is 8.63. The Morgan fingerprint density at radius 1 is 1.00 bits per heavy atom. The standard InChI is InChI=1S/C16H28N2O2/c1-3-11-19-15-8-7-14(18-10-6-5-9-17)13-16(15)20-12-4-2/h7-8,13,18H,3-6,9-12,17H2,1-2H3. The van der Waals surface area contributed by atoms with Gasteiger partial charge in [-0.25, -0.2) is 0 Å². The van der Waals surface area contributed by atoms with E-state index in [9.17, 15) is 0 Å². The molecule has 0 bridgehead atoms. The number of hydrogen-bond acceptors (Lipinski definition) is 4. The van der Waals surface area contributed by atoms with Crippen molar-refractivity contribution in [3.63, 3.8) is 0 Å². The molecule has 114 valence electrons. The molecule has 0 saturated heterocycles. The van der Waals surface area contributed by atoms with Crippen molar-refractivity contribution < 1.29 is 9.47 Å². The minimum absolute atomic E-state index is 0.707. The van der Waals surface area contributed by atoms with Crippen molar-refractivity contribution in [1.82, 2.24) is 0 Å². The van der Waals surface area contributed by atoms with Crippen molar-refractivity contribution in [2.24, 2.45) is 5.73 Å². The Morgan fingerprint density at radius 3 is 2.35 bits per heavy atom. The zero-order valence-corrected chi connectivity index (χ0v) is 12.8. The molecule has 1 rings (SSSR count). The lowest BCUT2D eigenvalue weighted by atomic mass is 10.2. The summed E-state index contributed by atoms with van der Waals surface area (Å²) in [5.41, 5.74) is 6.56. The van der Waals surface area contributed by atoms with E-state index < -0.39 is 0 Å². The van der Waals surface area contributed by atoms with E-state index in [1.807, 2.05) is 18.2 Å². The number of ether oxygens (including phenoxy) is 2. The summed E-state index contributed by atoms with van der Waals surface area (Å²) < 4.78 is 11.5. The summed E-state index contributed by atoms with van der Waals surface area (Å²) in [5.74, 6) is 1.65. The normalized spacial score (nSPS) is 10.3. The molecule has 0 fully saturated rings. The summed E-state index contributed by atoms with van der Waals surface area (Å²) >= 11 is 0. The maximum absolute atomic E-state index is 5.77. The lowest BCUT2D eigenvalue weighted by Gasteiger charge is -2.14. The largest absolute Gasteiger partial charge is 0.490 e. The van der Waals surface area contributed by atoms with E-state index in [1.54, 1.807) is 0 Å². The van der Waals surface area contributed by atoms with E-state index in [-0.39, 0.29) is 0 Å². The number of hydrogen-bond donors (Lipinski definition) is 2. The van der Waals surface area contributed by atoms with Crippen LogP contribution in [0.2, 0.25) is 0 Å². The summed E-state index contributed by atoms with van der Waals surface area (Å²) in [6.07, 6.45) is 4.10. The predicted molar refractivity (Wildman–Crippen MR) is 84.8 cm³/mol. The molecule has 0 heterocycles. The smallest absolute Gasteiger partial charge is 0.163 e. The van der Waals surface area contributed by atoms with Crippen LogP contribution in [0.5, 0.6) is 11.5 Å². The first-order chi connectivity index (χ1) is 9.81. The van der Waals surface area contributed by atoms with Crippen LogP contribution in [-0.4, -0.2) is 26.3 Å². The molecule has 0 unspecified atom stereocenters. The van der Waals surface area contributed by atoms with Gasteiger partial charge < -0.3 is 20.5 Å². The van der Waals surface area contributed by atoms with Gasteiger partial charge in [-0.1, -0.05) is 13.8 Å². The number of nitrogens with two attached hydrogens (primary N) is 1. The van der Waals surface area contributed by atoms with Gasteiger partial charge in [0.15, 0.2) is 11.5 Å². The topological polar surface area (TPSA) is 56.5 Å². The van der Waals surface area contributed by atoms with Crippen molar-refractivity contribution in [3.8, 4) is 11.5 Å². The van der Waals surface area contributed by atoms with Crippen LogP contribution in [0.3, 0.4) is 0 Å². The van der Waals surface area contributed by atoms with Gasteiger partial charge in [0.2, 0.25) is 0 Å². The van der Waals surface area contributed by atoms with E-state index in [0.29, 0.717) is 13.2 Å². The Bertz CT molecular complexity index is 369. The van der Waals surface area contributed by atoms with Crippen LogP contribution >= 0.6 is 0 Å². The molecule has 0 aliphatic heterocycles. The number of rotatable bonds is 11. The van der Waals surface area contributed by atoms with E-state index >= 15 is 0 Å². The average molecular weight is 280 g/mol. The molecule has 3 N–H and O–H groups in total. The van der Waals surface area contributed by atoms with Crippen LogP contribution < -0.4 is 20.5 Å². The molecule has 0 amide bonds. The molecule has 0 aliphatic carbocycles.